The van der Waals surface area contributed by atoms with Crippen LogP contribution in [0.15, 0.2) is 0 Å². The van der Waals surface area contributed by atoms with Crippen molar-refractivity contribution >= 4 is 28.3 Å². The quantitative estimate of drug-likeness (QED) is 0.705. The fourth-order valence-electron chi connectivity index (χ4n) is 2.18. The van der Waals surface area contributed by atoms with Gasteiger partial charge in [0.05, 0.1) is 0 Å². The van der Waals surface area contributed by atoms with Crippen LogP contribution in [0.1, 0.15) is 23.2 Å². The Labute approximate surface area is 103 Å². The molecule has 17 heavy (non-hydrogen) atoms. The van der Waals surface area contributed by atoms with Crippen molar-refractivity contribution in [2.75, 3.05) is 30.3 Å². The highest BCUT2D eigenvalue weighted by Gasteiger charge is 2.28. The molecule has 0 spiro atoms. The summed E-state index contributed by atoms with van der Waals surface area (Å²) in [6, 6.07) is 0. The van der Waals surface area contributed by atoms with Gasteiger partial charge in [-0.05, 0) is 30.3 Å². The van der Waals surface area contributed by atoms with Crippen LogP contribution in [-0.2, 0) is 0 Å². The number of hydrogen-bond donors (Lipinski definition) is 3. The lowest BCUT2D eigenvalue weighted by Gasteiger charge is -2.16. The molecule has 1 aromatic heterocycles. The van der Waals surface area contributed by atoms with Gasteiger partial charge in [0.15, 0.2) is 5.82 Å². The van der Waals surface area contributed by atoms with Crippen LogP contribution in [0.2, 0.25) is 0 Å². The van der Waals surface area contributed by atoms with Crippen molar-refractivity contribution < 1.29 is 9.90 Å². The van der Waals surface area contributed by atoms with E-state index in [0.29, 0.717) is 11.5 Å². The van der Waals surface area contributed by atoms with E-state index in [4.69, 9.17) is 16.6 Å². The van der Waals surface area contributed by atoms with Crippen LogP contribution in [0.3, 0.4) is 0 Å². The molecule has 1 aliphatic rings. The van der Waals surface area contributed by atoms with Gasteiger partial charge in [-0.3, -0.25) is 4.79 Å². The summed E-state index contributed by atoms with van der Waals surface area (Å²) in [5.41, 5.74) is 11.3. The average Bonchev–Trinajstić information content (AvgIpc) is 2.84. The highest BCUT2D eigenvalue weighted by molar-refractivity contribution is 7.11. The van der Waals surface area contributed by atoms with Gasteiger partial charge in [0.2, 0.25) is 0 Å². The van der Waals surface area contributed by atoms with E-state index in [9.17, 15) is 4.79 Å². The third-order valence-corrected chi connectivity index (χ3v) is 3.98. The van der Waals surface area contributed by atoms with Crippen LogP contribution in [0.4, 0.5) is 10.8 Å². The minimum Gasteiger partial charge on any atom is -0.396 e. The smallest absolute Gasteiger partial charge is 0.255 e. The highest BCUT2D eigenvalue weighted by Crippen LogP contribution is 2.34. The van der Waals surface area contributed by atoms with Crippen molar-refractivity contribution in [1.82, 2.24) is 4.37 Å². The summed E-state index contributed by atoms with van der Waals surface area (Å²) in [6.45, 7) is 1.88. The summed E-state index contributed by atoms with van der Waals surface area (Å²) < 4.78 is 3.98. The van der Waals surface area contributed by atoms with E-state index < -0.39 is 5.91 Å². The molecule has 2 rings (SSSR count). The number of nitrogens with two attached hydrogens (primary N) is 2. The number of nitrogen functional groups attached to an aromatic ring is 1. The van der Waals surface area contributed by atoms with Gasteiger partial charge < -0.3 is 21.5 Å². The normalized spacial score (nSPS) is 19.8. The molecule has 0 radical (unpaired) electrons. The molecule has 94 valence electrons. The van der Waals surface area contributed by atoms with Crippen molar-refractivity contribution in [2.45, 2.75) is 12.8 Å². The van der Waals surface area contributed by atoms with Crippen LogP contribution >= 0.6 is 11.5 Å². The molecule has 0 aromatic carbocycles. The predicted octanol–water partition coefficient (Wildman–Crippen LogP) is 0.0329. The van der Waals surface area contributed by atoms with Crippen LogP contribution in [0.5, 0.6) is 0 Å². The van der Waals surface area contributed by atoms with Crippen LogP contribution in [0, 0.1) is 5.92 Å². The number of carbonyl (C=O) groups is 1. The Morgan fingerprint density at radius 3 is 3.06 bits per heavy atom. The fourth-order valence-corrected chi connectivity index (χ4v) is 3.03. The monoisotopic (exact) mass is 256 g/mol. The summed E-state index contributed by atoms with van der Waals surface area (Å²) in [5, 5.41) is 9.67. The molecule has 1 aliphatic heterocycles. The first-order chi connectivity index (χ1) is 8.13. The zero-order chi connectivity index (χ0) is 12.4. The number of hydrogen-bond acceptors (Lipinski definition) is 6. The van der Waals surface area contributed by atoms with Crippen LogP contribution in [-0.4, -0.2) is 35.1 Å². The number of aliphatic hydroxyl groups excluding tert-OH is 1. The molecule has 5 N–H and O–H groups in total. The molecule has 1 aromatic rings. The minimum atomic E-state index is -0.531. The average molecular weight is 256 g/mol. The molecular formula is C10H16N4O2S. The number of primary amides is 1. The van der Waals surface area contributed by atoms with Gasteiger partial charge in [-0.1, -0.05) is 0 Å². The maximum absolute atomic E-state index is 11.3. The largest absolute Gasteiger partial charge is 0.396 e. The van der Waals surface area contributed by atoms with E-state index in [-0.39, 0.29) is 12.4 Å². The van der Waals surface area contributed by atoms with Gasteiger partial charge >= 0.3 is 0 Å². The van der Waals surface area contributed by atoms with Crippen molar-refractivity contribution in [1.29, 1.82) is 0 Å². The molecule has 0 saturated carbocycles. The lowest BCUT2D eigenvalue weighted by molar-refractivity contribution is 0.100. The van der Waals surface area contributed by atoms with E-state index in [1.807, 2.05) is 0 Å². The van der Waals surface area contributed by atoms with Crippen molar-refractivity contribution in [3.05, 3.63) is 5.56 Å². The van der Waals surface area contributed by atoms with E-state index >= 15 is 0 Å². The maximum Gasteiger partial charge on any atom is 0.255 e. The number of aliphatic hydroxyl groups is 1. The lowest BCUT2D eigenvalue weighted by Crippen LogP contribution is -2.23. The number of anilines is 2. The Balaban J connectivity index is 2.16. The molecule has 1 atom stereocenters. The number of carbonyl (C=O) groups excluding carboxylic acids is 1. The second-order valence-electron chi connectivity index (χ2n) is 4.23. The molecule has 1 fully saturated rings. The topological polar surface area (TPSA) is 105 Å². The summed E-state index contributed by atoms with van der Waals surface area (Å²) >= 11 is 1.21. The van der Waals surface area contributed by atoms with Gasteiger partial charge in [-0.15, -0.1) is 0 Å². The summed E-state index contributed by atoms with van der Waals surface area (Å²) in [7, 11) is 0. The zero-order valence-corrected chi connectivity index (χ0v) is 10.2. The Bertz CT molecular complexity index is 420. The zero-order valence-electron chi connectivity index (χ0n) is 9.43. The number of amides is 1. The third kappa shape index (κ3) is 2.34. The summed E-state index contributed by atoms with van der Waals surface area (Å²) in [6.07, 6.45) is 1.80. The van der Waals surface area contributed by atoms with Gasteiger partial charge in [0.1, 0.15) is 10.6 Å². The molecule has 1 unspecified atom stereocenters. The first-order valence-corrected chi connectivity index (χ1v) is 6.31. The van der Waals surface area contributed by atoms with Gasteiger partial charge in [-0.25, -0.2) is 0 Å². The Morgan fingerprint density at radius 1 is 1.65 bits per heavy atom. The third-order valence-electron chi connectivity index (χ3n) is 3.06. The Kier molecular flexibility index (Phi) is 3.49. The minimum absolute atomic E-state index is 0.200. The second kappa shape index (κ2) is 4.89. The highest BCUT2D eigenvalue weighted by atomic mass is 32.1. The molecule has 1 amide bonds. The summed E-state index contributed by atoms with van der Waals surface area (Å²) in [5.74, 6) is 0.143. The standard InChI is InChI=1S/C10H16N4O2S/c11-8-7(9(12)16)10(17-13-8)14-3-1-6(5-14)2-4-15/h6,15H,1-5H2,(H2,11,13)(H2,12,16). The fraction of sp³-hybridized carbons (Fsp3) is 0.600. The van der Waals surface area contributed by atoms with Crippen molar-refractivity contribution in [2.24, 2.45) is 11.7 Å². The SMILES string of the molecule is NC(=O)c1c(N)nsc1N1CCC(CCO)C1. The van der Waals surface area contributed by atoms with Crippen LogP contribution in [0.25, 0.3) is 0 Å². The maximum atomic E-state index is 11.3. The summed E-state index contributed by atoms with van der Waals surface area (Å²) in [4.78, 5) is 13.4. The lowest BCUT2D eigenvalue weighted by atomic mass is 10.1. The van der Waals surface area contributed by atoms with E-state index in [2.05, 4.69) is 9.27 Å². The predicted molar refractivity (Wildman–Crippen MR) is 67.1 cm³/mol. The Morgan fingerprint density at radius 2 is 2.41 bits per heavy atom. The molecule has 2 heterocycles. The number of nitrogens with zero attached hydrogens (tertiary/aromatic N) is 2. The molecule has 0 bridgehead atoms. The Hall–Kier alpha value is -1.34. The number of rotatable bonds is 4. The van der Waals surface area contributed by atoms with Crippen molar-refractivity contribution in [3.8, 4) is 0 Å². The molecule has 0 aliphatic carbocycles. The molecule has 1 saturated heterocycles. The number of aromatic nitrogens is 1. The molecular weight excluding hydrogens is 240 g/mol. The first-order valence-electron chi connectivity index (χ1n) is 5.54. The van der Waals surface area contributed by atoms with Gasteiger partial charge in [0, 0.05) is 19.7 Å². The van der Waals surface area contributed by atoms with Crippen molar-refractivity contribution in [3.63, 3.8) is 0 Å². The molecule has 6 nitrogen and oxygen atoms in total. The first kappa shape index (κ1) is 12.1. The van der Waals surface area contributed by atoms with Gasteiger partial charge in [-0.2, -0.15) is 4.37 Å². The van der Waals surface area contributed by atoms with E-state index in [1.54, 1.807) is 0 Å². The van der Waals surface area contributed by atoms with E-state index in [1.165, 1.54) is 11.5 Å². The molecule has 7 heteroatoms. The second-order valence-corrected chi connectivity index (χ2v) is 4.98. The van der Waals surface area contributed by atoms with E-state index in [0.717, 1.165) is 30.9 Å². The van der Waals surface area contributed by atoms with Gasteiger partial charge in [0.25, 0.3) is 5.91 Å². The van der Waals surface area contributed by atoms with Crippen LogP contribution < -0.4 is 16.4 Å².